The van der Waals surface area contributed by atoms with E-state index in [9.17, 15) is 4.79 Å². The summed E-state index contributed by atoms with van der Waals surface area (Å²) in [5, 5.41) is 3.02. The molecule has 0 bridgehead atoms. The van der Waals surface area contributed by atoms with Gasteiger partial charge in [0.2, 0.25) is 6.54 Å². The molecule has 2 aromatic rings. The van der Waals surface area contributed by atoms with Crippen LogP contribution in [0, 0.1) is 27.7 Å². The highest BCUT2D eigenvalue weighted by atomic mass is 16.1. The van der Waals surface area contributed by atoms with Crippen LogP contribution in [0.1, 0.15) is 22.5 Å². The largest absolute Gasteiger partial charge is 0.320 e. The van der Waals surface area contributed by atoms with Gasteiger partial charge in [0.15, 0.2) is 11.4 Å². The van der Waals surface area contributed by atoms with Crippen molar-refractivity contribution in [3.8, 4) is 0 Å². The molecule has 0 saturated heterocycles. The number of carbonyl (C=O) groups is 1. The molecule has 0 atom stereocenters. The number of nitrogens with zero attached hydrogens (tertiary/aromatic N) is 1. The first-order valence-electron chi connectivity index (χ1n) is 6.81. The average Bonchev–Trinajstić information content (AvgIpc) is 2.39. The van der Waals surface area contributed by atoms with Crippen molar-refractivity contribution in [3.05, 3.63) is 58.9 Å². The molecule has 0 saturated carbocycles. The minimum Gasteiger partial charge on any atom is -0.320 e. The van der Waals surface area contributed by atoms with Crippen molar-refractivity contribution < 1.29 is 9.36 Å². The first-order valence-corrected chi connectivity index (χ1v) is 6.81. The van der Waals surface area contributed by atoms with Crippen molar-refractivity contribution in [1.82, 2.24) is 0 Å². The molecular formula is C17H21N2O+. The van der Waals surface area contributed by atoms with Gasteiger partial charge in [-0.1, -0.05) is 18.2 Å². The Labute approximate surface area is 120 Å². The van der Waals surface area contributed by atoms with E-state index >= 15 is 0 Å². The summed E-state index contributed by atoms with van der Waals surface area (Å²) in [7, 11) is 0. The maximum atomic E-state index is 12.3. The molecule has 1 aromatic heterocycles. The molecule has 3 nitrogen and oxygen atoms in total. The van der Waals surface area contributed by atoms with Crippen LogP contribution < -0.4 is 9.88 Å². The summed E-state index contributed by atoms with van der Waals surface area (Å²) < 4.78 is 2.02. The molecule has 0 aliphatic heterocycles. The van der Waals surface area contributed by atoms with Crippen LogP contribution in [0.5, 0.6) is 0 Å². The number of nitrogens with one attached hydrogen (secondary N) is 1. The average molecular weight is 269 g/mol. The second kappa shape index (κ2) is 5.87. The summed E-state index contributed by atoms with van der Waals surface area (Å²) in [5.74, 6) is 0.00444. The highest BCUT2D eigenvalue weighted by Gasteiger charge is 2.16. The van der Waals surface area contributed by atoms with Crippen LogP contribution in [0.4, 0.5) is 5.69 Å². The lowest BCUT2D eigenvalue weighted by atomic mass is 10.1. The number of amides is 1. The van der Waals surface area contributed by atoms with Crippen molar-refractivity contribution in [2.45, 2.75) is 34.2 Å². The molecule has 1 amide bonds. The predicted octanol–water partition coefficient (Wildman–Crippen LogP) is 2.85. The highest BCUT2D eigenvalue weighted by Crippen LogP contribution is 2.19. The normalized spacial score (nSPS) is 10.4. The number of anilines is 1. The standard InChI is InChI=1S/C17H20N2O/c1-12-7-5-8-13(2)17(12)18-16(20)11-19-14(3)9-6-10-15(19)4/h5-10H,11H2,1-4H3/p+1. The Morgan fingerprint density at radius 1 is 0.950 bits per heavy atom. The number of para-hydroxylation sites is 1. The predicted molar refractivity (Wildman–Crippen MR) is 80.7 cm³/mol. The van der Waals surface area contributed by atoms with Gasteiger partial charge in [0.25, 0.3) is 5.91 Å². The first kappa shape index (κ1) is 14.3. The molecule has 0 aliphatic carbocycles. The van der Waals surface area contributed by atoms with Gasteiger partial charge in [-0.15, -0.1) is 0 Å². The van der Waals surface area contributed by atoms with Crippen LogP contribution in [-0.2, 0) is 11.3 Å². The zero-order chi connectivity index (χ0) is 14.7. The second-order valence-corrected chi connectivity index (χ2v) is 5.21. The Morgan fingerprint density at radius 2 is 1.45 bits per heavy atom. The van der Waals surface area contributed by atoms with Gasteiger partial charge in [0.05, 0.1) is 0 Å². The maximum absolute atomic E-state index is 12.3. The number of rotatable bonds is 3. The first-order chi connectivity index (χ1) is 9.49. The molecule has 0 aliphatic rings. The molecule has 0 spiro atoms. The Morgan fingerprint density at radius 3 is 2.00 bits per heavy atom. The van der Waals surface area contributed by atoms with Gasteiger partial charge in [-0.05, 0) is 31.0 Å². The SMILES string of the molecule is Cc1cccc(C)c1NC(=O)C[n+]1c(C)cccc1C. The molecule has 1 N–H and O–H groups in total. The quantitative estimate of drug-likeness (QED) is 0.854. The van der Waals surface area contributed by atoms with E-state index in [4.69, 9.17) is 0 Å². The van der Waals surface area contributed by atoms with Crippen LogP contribution >= 0.6 is 0 Å². The van der Waals surface area contributed by atoms with Crippen molar-refractivity contribution in [2.75, 3.05) is 5.32 Å². The molecule has 2 rings (SSSR count). The van der Waals surface area contributed by atoms with E-state index in [0.29, 0.717) is 6.54 Å². The molecule has 20 heavy (non-hydrogen) atoms. The number of hydrogen-bond acceptors (Lipinski definition) is 1. The van der Waals surface area contributed by atoms with Crippen LogP contribution in [-0.4, -0.2) is 5.91 Å². The van der Waals surface area contributed by atoms with E-state index in [0.717, 1.165) is 28.2 Å². The Bertz CT molecular complexity index is 551. The van der Waals surface area contributed by atoms with Crippen molar-refractivity contribution in [1.29, 1.82) is 0 Å². The third-order valence-electron chi connectivity index (χ3n) is 3.57. The fraction of sp³-hybridized carbons (Fsp3) is 0.294. The summed E-state index contributed by atoms with van der Waals surface area (Å²) in [5.41, 5.74) is 5.27. The van der Waals surface area contributed by atoms with Crippen molar-refractivity contribution in [2.24, 2.45) is 0 Å². The second-order valence-electron chi connectivity index (χ2n) is 5.21. The van der Waals surface area contributed by atoms with Crippen LogP contribution in [0.15, 0.2) is 36.4 Å². The summed E-state index contributed by atoms with van der Waals surface area (Å²) in [6.45, 7) is 8.38. The van der Waals surface area contributed by atoms with Crippen molar-refractivity contribution in [3.63, 3.8) is 0 Å². The van der Waals surface area contributed by atoms with Gasteiger partial charge in [0.1, 0.15) is 0 Å². The molecule has 1 aromatic carbocycles. The van der Waals surface area contributed by atoms with E-state index in [2.05, 4.69) is 5.32 Å². The number of pyridine rings is 1. The number of carbonyl (C=O) groups excluding carboxylic acids is 1. The molecular weight excluding hydrogens is 248 g/mol. The van der Waals surface area contributed by atoms with Gasteiger partial charge in [-0.3, -0.25) is 4.79 Å². The smallest absolute Gasteiger partial charge is 0.290 e. The van der Waals surface area contributed by atoms with Gasteiger partial charge < -0.3 is 5.32 Å². The topological polar surface area (TPSA) is 33.0 Å². The van der Waals surface area contributed by atoms with E-state index < -0.39 is 0 Å². The lowest BCUT2D eigenvalue weighted by molar-refractivity contribution is -0.696. The van der Waals surface area contributed by atoms with E-state index in [-0.39, 0.29) is 5.91 Å². The number of hydrogen-bond donors (Lipinski definition) is 1. The molecule has 0 fully saturated rings. The molecule has 0 unspecified atom stereocenters. The third kappa shape index (κ3) is 3.05. The molecule has 3 heteroatoms. The Balaban J connectivity index is 2.18. The summed E-state index contributed by atoms with van der Waals surface area (Å²) in [6.07, 6.45) is 0. The fourth-order valence-corrected chi connectivity index (χ4v) is 2.37. The summed E-state index contributed by atoms with van der Waals surface area (Å²) in [4.78, 5) is 12.3. The lowest BCUT2D eigenvalue weighted by Gasteiger charge is -2.11. The zero-order valence-corrected chi connectivity index (χ0v) is 12.5. The molecule has 104 valence electrons. The molecule has 0 radical (unpaired) electrons. The van der Waals surface area contributed by atoms with Gasteiger partial charge in [-0.25, -0.2) is 0 Å². The molecule has 1 heterocycles. The summed E-state index contributed by atoms with van der Waals surface area (Å²) >= 11 is 0. The fourth-order valence-electron chi connectivity index (χ4n) is 2.37. The van der Waals surface area contributed by atoms with E-state index in [1.54, 1.807) is 0 Å². The highest BCUT2D eigenvalue weighted by molar-refractivity contribution is 5.91. The van der Waals surface area contributed by atoms with Crippen LogP contribution in [0.25, 0.3) is 0 Å². The lowest BCUT2D eigenvalue weighted by Crippen LogP contribution is -2.45. The minimum atomic E-state index is 0.00444. The third-order valence-corrected chi connectivity index (χ3v) is 3.57. The maximum Gasteiger partial charge on any atom is 0.290 e. The van der Waals surface area contributed by atoms with E-state index in [1.807, 2.05) is 68.7 Å². The van der Waals surface area contributed by atoms with E-state index in [1.165, 1.54) is 0 Å². The van der Waals surface area contributed by atoms with Crippen molar-refractivity contribution >= 4 is 11.6 Å². The number of aromatic nitrogens is 1. The van der Waals surface area contributed by atoms with Gasteiger partial charge in [0, 0.05) is 31.7 Å². The van der Waals surface area contributed by atoms with Crippen LogP contribution in [0.2, 0.25) is 0 Å². The Hall–Kier alpha value is -2.16. The Kier molecular flexibility index (Phi) is 4.18. The summed E-state index contributed by atoms with van der Waals surface area (Å²) in [6, 6.07) is 12.0. The monoisotopic (exact) mass is 269 g/mol. The number of aryl methyl sites for hydroxylation is 4. The number of benzene rings is 1. The van der Waals surface area contributed by atoms with Gasteiger partial charge in [-0.2, -0.15) is 4.57 Å². The minimum absolute atomic E-state index is 0.00444. The zero-order valence-electron chi connectivity index (χ0n) is 12.5. The van der Waals surface area contributed by atoms with Gasteiger partial charge >= 0.3 is 0 Å². The van der Waals surface area contributed by atoms with Crippen LogP contribution in [0.3, 0.4) is 0 Å².